The molecule has 0 atom stereocenters. The summed E-state index contributed by atoms with van der Waals surface area (Å²) in [5, 5.41) is 4.34. The van der Waals surface area contributed by atoms with Crippen molar-refractivity contribution < 1.29 is 22.4 Å². The number of rotatable bonds is 8. The van der Waals surface area contributed by atoms with Gasteiger partial charge in [0.1, 0.15) is 11.5 Å². The van der Waals surface area contributed by atoms with Gasteiger partial charge in [0.05, 0.1) is 17.7 Å². The largest absolute Gasteiger partial charge is 0.459 e. The van der Waals surface area contributed by atoms with E-state index in [1.807, 2.05) is 0 Å². The van der Waals surface area contributed by atoms with Gasteiger partial charge in [0.15, 0.2) is 0 Å². The molecule has 0 saturated carbocycles. The number of hydrogen-bond donors (Lipinski definition) is 1. The molecule has 0 radical (unpaired) electrons. The molecule has 1 fully saturated rings. The Morgan fingerprint density at radius 1 is 1.00 bits per heavy atom. The third-order valence-corrected chi connectivity index (χ3v) is 7.67. The highest BCUT2D eigenvalue weighted by atomic mass is 35.5. The third kappa shape index (κ3) is 6.39. The molecule has 0 aliphatic carbocycles. The number of benzene rings is 2. The van der Waals surface area contributed by atoms with Crippen LogP contribution in [0.4, 0.5) is 0 Å². The van der Waals surface area contributed by atoms with Crippen molar-refractivity contribution in [2.45, 2.75) is 30.8 Å². The third-order valence-electron chi connectivity index (χ3n) is 5.61. The highest BCUT2D eigenvalue weighted by Gasteiger charge is 2.26. The molecule has 0 unspecified atom stereocenters. The van der Waals surface area contributed by atoms with Crippen LogP contribution in [0.2, 0.25) is 5.02 Å². The van der Waals surface area contributed by atoms with E-state index in [1.165, 1.54) is 27.6 Å². The molecule has 4 rings (SSSR count). The summed E-state index contributed by atoms with van der Waals surface area (Å²) in [6, 6.07) is 18.3. The Morgan fingerprint density at radius 3 is 2.39 bits per heavy atom. The molecule has 1 aliphatic heterocycles. The van der Waals surface area contributed by atoms with E-state index in [2.05, 4.69) is 10.5 Å². The number of sulfonamides is 1. The van der Waals surface area contributed by atoms with Crippen molar-refractivity contribution in [1.29, 1.82) is 0 Å². The Morgan fingerprint density at radius 2 is 1.69 bits per heavy atom. The van der Waals surface area contributed by atoms with Crippen molar-refractivity contribution in [3.05, 3.63) is 88.8 Å². The first-order valence-electron chi connectivity index (χ1n) is 11.3. The Bertz CT molecular complexity index is 1330. The summed E-state index contributed by atoms with van der Waals surface area (Å²) >= 11 is 5.97. The van der Waals surface area contributed by atoms with Gasteiger partial charge in [-0.05, 0) is 54.8 Å². The van der Waals surface area contributed by atoms with Crippen LogP contribution in [0.1, 0.15) is 29.9 Å². The molecule has 9 nitrogen and oxygen atoms in total. The zero-order chi connectivity index (χ0) is 25.5. The molecule has 36 heavy (non-hydrogen) atoms. The number of carbonyl (C=O) groups excluding carboxylic acids is 2. The first-order valence-corrected chi connectivity index (χ1v) is 13.2. The normalized spacial score (nSPS) is 14.0. The van der Waals surface area contributed by atoms with Crippen LogP contribution in [0, 0.1) is 0 Å². The number of nitrogens with zero attached hydrogens (tertiary/aromatic N) is 3. The van der Waals surface area contributed by atoms with Gasteiger partial charge in [-0.25, -0.2) is 13.8 Å². The standard InChI is InChI=1S/C25H25ClN4O5S/c26-20-10-8-19(9-11-20)17-30(36(33,34)23-6-2-1-3-7-23)18-22-13-12-21(35-22)16-27-28-24(31)25(32)29-14-4-5-15-29/h1-3,6-13,16H,4-5,14-15,17-18H2,(H,28,31)/b27-16+. The highest BCUT2D eigenvalue weighted by molar-refractivity contribution is 7.89. The zero-order valence-electron chi connectivity index (χ0n) is 19.3. The van der Waals surface area contributed by atoms with Crippen LogP contribution >= 0.6 is 11.6 Å². The summed E-state index contributed by atoms with van der Waals surface area (Å²) in [5.74, 6) is -0.761. The number of nitrogens with one attached hydrogen (secondary N) is 1. The van der Waals surface area contributed by atoms with Crippen molar-refractivity contribution in [3.63, 3.8) is 0 Å². The maximum Gasteiger partial charge on any atom is 0.329 e. The second kappa shape index (κ2) is 11.5. The van der Waals surface area contributed by atoms with Gasteiger partial charge in [0, 0.05) is 24.7 Å². The predicted octanol–water partition coefficient (Wildman–Crippen LogP) is 3.40. The van der Waals surface area contributed by atoms with Crippen LogP contribution in [0.15, 0.2) is 81.1 Å². The fraction of sp³-hybridized carbons (Fsp3) is 0.240. The van der Waals surface area contributed by atoms with Crippen LogP contribution in [-0.4, -0.2) is 48.7 Å². The van der Waals surface area contributed by atoms with E-state index in [9.17, 15) is 18.0 Å². The molecule has 3 aromatic rings. The zero-order valence-corrected chi connectivity index (χ0v) is 20.9. The number of carbonyl (C=O) groups is 2. The van der Waals surface area contributed by atoms with Gasteiger partial charge in [-0.1, -0.05) is 41.9 Å². The Labute approximate surface area is 214 Å². The first kappa shape index (κ1) is 25.6. The molecule has 188 valence electrons. The van der Waals surface area contributed by atoms with Crippen LogP contribution in [0.25, 0.3) is 0 Å². The minimum atomic E-state index is -3.84. The number of hydrazone groups is 1. The Hall–Kier alpha value is -3.47. The van der Waals surface area contributed by atoms with Crippen molar-refractivity contribution in [2.24, 2.45) is 5.10 Å². The van der Waals surface area contributed by atoms with Gasteiger partial charge >= 0.3 is 11.8 Å². The lowest BCUT2D eigenvalue weighted by Crippen LogP contribution is -2.39. The van der Waals surface area contributed by atoms with E-state index in [-0.39, 0.29) is 18.0 Å². The maximum absolute atomic E-state index is 13.4. The first-order chi connectivity index (χ1) is 17.3. The molecular weight excluding hydrogens is 504 g/mol. The highest BCUT2D eigenvalue weighted by Crippen LogP contribution is 2.22. The van der Waals surface area contributed by atoms with E-state index < -0.39 is 21.8 Å². The number of furan rings is 1. The fourth-order valence-corrected chi connectivity index (χ4v) is 5.29. The molecule has 1 saturated heterocycles. The molecule has 11 heteroatoms. The maximum atomic E-state index is 13.4. The topological polar surface area (TPSA) is 112 Å². The lowest BCUT2D eigenvalue weighted by Gasteiger charge is -2.21. The second-order valence-corrected chi connectivity index (χ2v) is 10.6. The molecular formula is C25H25ClN4O5S. The molecule has 1 N–H and O–H groups in total. The molecule has 0 spiro atoms. The van der Waals surface area contributed by atoms with Gasteiger partial charge in [0.2, 0.25) is 10.0 Å². The predicted molar refractivity (Wildman–Crippen MR) is 135 cm³/mol. The molecule has 2 heterocycles. The smallest absolute Gasteiger partial charge is 0.329 e. The van der Waals surface area contributed by atoms with Crippen LogP contribution in [0.5, 0.6) is 0 Å². The molecule has 0 bridgehead atoms. The lowest BCUT2D eigenvalue weighted by molar-refractivity contribution is -0.145. The van der Waals surface area contributed by atoms with Gasteiger partial charge in [-0.2, -0.15) is 9.41 Å². The monoisotopic (exact) mass is 528 g/mol. The van der Waals surface area contributed by atoms with Crippen LogP contribution in [-0.2, 0) is 32.7 Å². The van der Waals surface area contributed by atoms with Crippen molar-refractivity contribution in [2.75, 3.05) is 13.1 Å². The van der Waals surface area contributed by atoms with Crippen molar-refractivity contribution >= 4 is 39.7 Å². The van der Waals surface area contributed by atoms with E-state index in [1.54, 1.807) is 54.6 Å². The molecule has 2 amide bonds. The van der Waals surface area contributed by atoms with Crippen LogP contribution < -0.4 is 5.43 Å². The minimum absolute atomic E-state index is 0.0342. The van der Waals surface area contributed by atoms with E-state index >= 15 is 0 Å². The number of halogens is 1. The van der Waals surface area contributed by atoms with Crippen molar-refractivity contribution in [3.8, 4) is 0 Å². The average molecular weight is 529 g/mol. The van der Waals surface area contributed by atoms with Gasteiger partial charge in [-0.15, -0.1) is 0 Å². The average Bonchev–Trinajstić information content (AvgIpc) is 3.57. The van der Waals surface area contributed by atoms with Gasteiger partial charge in [-0.3, -0.25) is 9.59 Å². The summed E-state index contributed by atoms with van der Waals surface area (Å²) in [7, 11) is -3.84. The summed E-state index contributed by atoms with van der Waals surface area (Å²) < 4.78 is 33.8. The number of likely N-dealkylation sites (tertiary alicyclic amines) is 1. The molecule has 2 aromatic carbocycles. The summed E-state index contributed by atoms with van der Waals surface area (Å²) in [6.45, 7) is 1.20. The van der Waals surface area contributed by atoms with E-state index in [4.69, 9.17) is 16.0 Å². The SMILES string of the molecule is O=C(N/N=C/c1ccc(CN(Cc2ccc(Cl)cc2)S(=O)(=O)c2ccccc2)o1)C(=O)N1CCCC1. The minimum Gasteiger partial charge on any atom is -0.459 e. The quantitative estimate of drug-likeness (QED) is 0.273. The second-order valence-electron chi connectivity index (χ2n) is 8.22. The summed E-state index contributed by atoms with van der Waals surface area (Å²) in [6.07, 6.45) is 3.02. The summed E-state index contributed by atoms with van der Waals surface area (Å²) in [4.78, 5) is 25.7. The summed E-state index contributed by atoms with van der Waals surface area (Å²) in [5.41, 5.74) is 2.96. The van der Waals surface area contributed by atoms with Crippen molar-refractivity contribution in [1.82, 2.24) is 14.6 Å². The van der Waals surface area contributed by atoms with Gasteiger partial charge in [0.25, 0.3) is 0 Å². The number of amides is 2. The van der Waals surface area contributed by atoms with E-state index in [0.717, 1.165) is 18.4 Å². The molecule has 1 aliphatic rings. The van der Waals surface area contributed by atoms with E-state index in [0.29, 0.717) is 29.6 Å². The van der Waals surface area contributed by atoms with Gasteiger partial charge < -0.3 is 9.32 Å². The Balaban J connectivity index is 1.46. The Kier molecular flexibility index (Phi) is 8.19. The molecule has 1 aromatic heterocycles. The lowest BCUT2D eigenvalue weighted by atomic mass is 10.2. The van der Waals surface area contributed by atoms with Crippen LogP contribution in [0.3, 0.4) is 0 Å². The fourth-order valence-electron chi connectivity index (χ4n) is 3.75. The number of hydrogen-bond acceptors (Lipinski definition) is 6.